The summed E-state index contributed by atoms with van der Waals surface area (Å²) >= 11 is 0. The van der Waals surface area contributed by atoms with E-state index in [0.717, 1.165) is 37.1 Å². The van der Waals surface area contributed by atoms with Crippen LogP contribution in [0.15, 0.2) is 45.8 Å². The van der Waals surface area contributed by atoms with Gasteiger partial charge in [0.2, 0.25) is 0 Å². The number of aliphatic imine (C=N–C) groups is 1. The molecule has 4 rings (SSSR count). The summed E-state index contributed by atoms with van der Waals surface area (Å²) in [4.78, 5) is 15.9. The third-order valence-corrected chi connectivity index (χ3v) is 5.66. The van der Waals surface area contributed by atoms with Gasteiger partial charge in [0.25, 0.3) is 5.91 Å². The lowest BCUT2D eigenvalue weighted by molar-refractivity contribution is 0.0396. The van der Waals surface area contributed by atoms with Crippen LogP contribution in [0.25, 0.3) is 0 Å². The lowest BCUT2D eigenvalue weighted by Gasteiger charge is -2.40. The maximum absolute atomic E-state index is 11.2. The molecule has 1 saturated carbocycles. The Bertz CT molecular complexity index is 899. The second-order valence-corrected chi connectivity index (χ2v) is 7.76. The number of fused-ring (bicyclic) bond motifs is 1. The number of hydrogen-bond acceptors (Lipinski definition) is 4. The van der Waals surface area contributed by atoms with Gasteiger partial charge in [0, 0.05) is 18.5 Å². The van der Waals surface area contributed by atoms with Gasteiger partial charge in [-0.15, -0.1) is 0 Å². The standard InChI is InChI=1S/C22H28N4O3/c1-2-24-21(25-14-15-9-10-19(28-15)20(23)27)26-17-13-22(11-5-6-12-22)29-18-8-4-3-7-16(17)18/h3-4,7-10,17H,2,5-6,11-14H2,1H3,(H2,23,27)(H2,24,25,26). The SMILES string of the molecule is CCNC(=NCc1ccc(C(N)=O)o1)NC1CC2(CCCC2)Oc2ccccc21. The fourth-order valence-corrected chi connectivity index (χ4v) is 4.31. The first kappa shape index (κ1) is 19.4. The Hall–Kier alpha value is -2.96. The van der Waals surface area contributed by atoms with Crippen LogP contribution in [0.5, 0.6) is 5.75 Å². The van der Waals surface area contributed by atoms with Crippen molar-refractivity contribution in [3.05, 3.63) is 53.5 Å². The van der Waals surface area contributed by atoms with Crippen LogP contribution in [0.4, 0.5) is 0 Å². The number of benzene rings is 1. The molecule has 0 saturated heterocycles. The first-order valence-corrected chi connectivity index (χ1v) is 10.3. The highest BCUT2D eigenvalue weighted by atomic mass is 16.5. The maximum atomic E-state index is 11.2. The molecule has 1 spiro atoms. The van der Waals surface area contributed by atoms with E-state index in [1.165, 1.54) is 12.8 Å². The maximum Gasteiger partial charge on any atom is 0.284 e. The number of nitrogens with two attached hydrogens (primary N) is 1. The second-order valence-electron chi connectivity index (χ2n) is 7.76. The number of carbonyl (C=O) groups is 1. The van der Waals surface area contributed by atoms with Crippen LogP contribution in [-0.4, -0.2) is 24.0 Å². The lowest BCUT2D eigenvalue weighted by Crippen LogP contribution is -2.46. The summed E-state index contributed by atoms with van der Waals surface area (Å²) in [6.45, 7) is 3.09. The number of furan rings is 1. The molecule has 2 aliphatic rings. The zero-order valence-electron chi connectivity index (χ0n) is 16.7. The molecule has 1 aliphatic carbocycles. The Morgan fingerprint density at radius 3 is 2.76 bits per heavy atom. The molecule has 1 aliphatic heterocycles. The normalized spacial score (nSPS) is 20.2. The van der Waals surface area contributed by atoms with Crippen molar-refractivity contribution in [3.8, 4) is 5.75 Å². The number of nitrogens with zero attached hydrogens (tertiary/aromatic N) is 1. The minimum Gasteiger partial charge on any atom is -0.487 e. The summed E-state index contributed by atoms with van der Waals surface area (Å²) in [6.07, 6.45) is 5.53. The summed E-state index contributed by atoms with van der Waals surface area (Å²) in [5, 5.41) is 6.89. The predicted molar refractivity (Wildman–Crippen MR) is 111 cm³/mol. The fourth-order valence-electron chi connectivity index (χ4n) is 4.31. The Morgan fingerprint density at radius 2 is 2.03 bits per heavy atom. The molecule has 1 aromatic carbocycles. The van der Waals surface area contributed by atoms with Gasteiger partial charge < -0.3 is 25.5 Å². The topological polar surface area (TPSA) is 102 Å². The van der Waals surface area contributed by atoms with Crippen LogP contribution in [-0.2, 0) is 6.54 Å². The van der Waals surface area contributed by atoms with Crippen LogP contribution in [0, 0.1) is 0 Å². The summed E-state index contributed by atoms with van der Waals surface area (Å²) in [6, 6.07) is 11.7. The number of hydrogen-bond donors (Lipinski definition) is 3. The van der Waals surface area contributed by atoms with Crippen LogP contribution in [0.1, 0.15) is 66.9 Å². The number of amides is 1. The molecule has 1 aromatic heterocycles. The number of guanidine groups is 1. The molecule has 7 heteroatoms. The average molecular weight is 396 g/mol. The monoisotopic (exact) mass is 396 g/mol. The van der Waals surface area contributed by atoms with E-state index in [4.69, 9.17) is 14.9 Å². The minimum absolute atomic E-state index is 0.0826. The molecule has 1 amide bonds. The van der Waals surface area contributed by atoms with Crippen molar-refractivity contribution in [3.63, 3.8) is 0 Å². The summed E-state index contributed by atoms with van der Waals surface area (Å²) in [5.74, 6) is 1.83. The van der Waals surface area contributed by atoms with E-state index < -0.39 is 5.91 Å². The molecule has 1 atom stereocenters. The predicted octanol–water partition coefficient (Wildman–Crippen LogP) is 3.27. The van der Waals surface area contributed by atoms with Crippen molar-refractivity contribution in [1.82, 2.24) is 10.6 Å². The number of ether oxygens (including phenoxy) is 1. The second kappa shape index (κ2) is 8.19. The molecule has 2 heterocycles. The number of nitrogens with one attached hydrogen (secondary N) is 2. The van der Waals surface area contributed by atoms with Gasteiger partial charge in [0.1, 0.15) is 23.7 Å². The zero-order chi connectivity index (χ0) is 20.3. The zero-order valence-corrected chi connectivity index (χ0v) is 16.7. The Balaban J connectivity index is 1.54. The van der Waals surface area contributed by atoms with Crippen molar-refractivity contribution >= 4 is 11.9 Å². The highest BCUT2D eigenvalue weighted by molar-refractivity contribution is 5.89. The van der Waals surface area contributed by atoms with E-state index in [9.17, 15) is 4.79 Å². The van der Waals surface area contributed by atoms with E-state index in [1.54, 1.807) is 12.1 Å². The molecule has 1 fully saturated rings. The smallest absolute Gasteiger partial charge is 0.284 e. The van der Waals surface area contributed by atoms with E-state index >= 15 is 0 Å². The molecular formula is C22H28N4O3. The van der Waals surface area contributed by atoms with Gasteiger partial charge in [-0.1, -0.05) is 18.2 Å². The van der Waals surface area contributed by atoms with E-state index in [2.05, 4.69) is 27.8 Å². The van der Waals surface area contributed by atoms with E-state index in [1.807, 2.05) is 19.1 Å². The van der Waals surface area contributed by atoms with Gasteiger partial charge in [-0.2, -0.15) is 0 Å². The number of para-hydroxylation sites is 1. The Morgan fingerprint density at radius 1 is 1.24 bits per heavy atom. The Kier molecular flexibility index (Phi) is 5.47. The molecule has 154 valence electrons. The third kappa shape index (κ3) is 4.23. The first-order valence-electron chi connectivity index (χ1n) is 10.3. The summed E-state index contributed by atoms with van der Waals surface area (Å²) in [7, 11) is 0. The van der Waals surface area contributed by atoms with Crippen molar-refractivity contribution in [2.24, 2.45) is 10.7 Å². The lowest BCUT2D eigenvalue weighted by atomic mass is 9.86. The van der Waals surface area contributed by atoms with Gasteiger partial charge in [-0.25, -0.2) is 4.99 Å². The van der Waals surface area contributed by atoms with Gasteiger partial charge in [-0.05, 0) is 50.8 Å². The first-order chi connectivity index (χ1) is 14.1. The van der Waals surface area contributed by atoms with Gasteiger partial charge in [0.05, 0.1) is 6.04 Å². The van der Waals surface area contributed by atoms with Crippen LogP contribution < -0.4 is 21.1 Å². The molecule has 29 heavy (non-hydrogen) atoms. The van der Waals surface area contributed by atoms with Gasteiger partial charge in [-0.3, -0.25) is 4.79 Å². The van der Waals surface area contributed by atoms with Gasteiger partial charge in [0.15, 0.2) is 11.7 Å². The number of carbonyl (C=O) groups excluding carboxylic acids is 1. The fraction of sp³-hybridized carbons (Fsp3) is 0.455. The molecule has 1 unspecified atom stereocenters. The third-order valence-electron chi connectivity index (χ3n) is 5.66. The van der Waals surface area contributed by atoms with Gasteiger partial charge >= 0.3 is 0 Å². The molecule has 4 N–H and O–H groups in total. The Labute approximate surface area is 170 Å². The van der Waals surface area contributed by atoms with Crippen molar-refractivity contribution in [2.75, 3.05) is 6.54 Å². The highest BCUT2D eigenvalue weighted by Crippen LogP contribution is 2.46. The van der Waals surface area contributed by atoms with Crippen LogP contribution in [0.3, 0.4) is 0 Å². The summed E-state index contributed by atoms with van der Waals surface area (Å²) in [5.41, 5.74) is 6.33. The quantitative estimate of drug-likeness (QED) is 0.532. The molecule has 0 bridgehead atoms. The van der Waals surface area contributed by atoms with E-state index in [-0.39, 0.29) is 17.4 Å². The number of primary amides is 1. The highest BCUT2D eigenvalue weighted by Gasteiger charge is 2.43. The summed E-state index contributed by atoms with van der Waals surface area (Å²) < 4.78 is 11.9. The van der Waals surface area contributed by atoms with Crippen LogP contribution in [0.2, 0.25) is 0 Å². The molecule has 7 nitrogen and oxygen atoms in total. The molecular weight excluding hydrogens is 368 g/mol. The van der Waals surface area contributed by atoms with Crippen molar-refractivity contribution in [1.29, 1.82) is 0 Å². The van der Waals surface area contributed by atoms with Crippen LogP contribution >= 0.6 is 0 Å². The van der Waals surface area contributed by atoms with Crippen molar-refractivity contribution < 1.29 is 13.9 Å². The molecule has 0 radical (unpaired) electrons. The largest absolute Gasteiger partial charge is 0.487 e. The molecule has 2 aromatic rings. The van der Waals surface area contributed by atoms with E-state index in [0.29, 0.717) is 18.3 Å². The van der Waals surface area contributed by atoms with Crippen molar-refractivity contribution in [2.45, 2.75) is 57.2 Å². The number of rotatable bonds is 5. The average Bonchev–Trinajstić information content (AvgIpc) is 3.36. The minimum atomic E-state index is -0.578.